The zero-order valence-electron chi connectivity index (χ0n) is 20.7. The molecule has 2 fully saturated rings. The molecule has 1 aliphatic carbocycles. The third-order valence-corrected chi connectivity index (χ3v) is 7.68. The first-order valence-corrected chi connectivity index (χ1v) is 12.8. The fourth-order valence-corrected chi connectivity index (χ4v) is 5.84. The Morgan fingerprint density at radius 1 is 1.05 bits per heavy atom. The van der Waals surface area contributed by atoms with Gasteiger partial charge in [-0.25, -0.2) is 21.7 Å². The SMILES string of the molecule is CN1C(=O)c2c(nn(Cc3ccc(-c4ccccn4)cc3)c2Nc2ccccc2)[NH+]2[C-]3CCC[C-]3[NH2+]C12. The average molecular weight is 492 g/mol. The first-order chi connectivity index (χ1) is 18.2. The number of hydrogen-bond donors (Lipinski definition) is 3. The molecule has 2 aromatic heterocycles. The number of aromatic nitrogens is 3. The van der Waals surface area contributed by atoms with E-state index in [-0.39, 0.29) is 12.2 Å². The lowest BCUT2D eigenvalue weighted by molar-refractivity contribution is -0.953. The number of carbonyl (C=O) groups is 1. The van der Waals surface area contributed by atoms with Gasteiger partial charge in [-0.1, -0.05) is 48.5 Å². The highest BCUT2D eigenvalue weighted by atomic mass is 16.2. The smallest absolute Gasteiger partial charge is 0.274 e. The summed E-state index contributed by atoms with van der Waals surface area (Å²) in [4.78, 5) is 21.3. The van der Waals surface area contributed by atoms with Crippen molar-refractivity contribution in [1.29, 1.82) is 0 Å². The Hall–Kier alpha value is -4.01. The van der Waals surface area contributed by atoms with Crippen molar-refractivity contribution in [2.45, 2.75) is 32.1 Å². The van der Waals surface area contributed by atoms with Crippen LogP contribution in [0.3, 0.4) is 0 Å². The highest BCUT2D eigenvalue weighted by Crippen LogP contribution is 2.36. The van der Waals surface area contributed by atoms with Gasteiger partial charge in [0, 0.05) is 24.5 Å². The molecule has 2 unspecified atom stereocenters. The van der Waals surface area contributed by atoms with E-state index in [2.05, 4.69) is 39.9 Å². The first-order valence-electron chi connectivity index (χ1n) is 12.8. The highest BCUT2D eigenvalue weighted by Gasteiger charge is 2.48. The van der Waals surface area contributed by atoms with Gasteiger partial charge in [0.15, 0.2) is 5.56 Å². The highest BCUT2D eigenvalue weighted by molar-refractivity contribution is 6.03. The molecule has 7 rings (SSSR count). The number of benzene rings is 2. The zero-order valence-corrected chi connectivity index (χ0v) is 20.7. The van der Waals surface area contributed by atoms with Crippen molar-refractivity contribution in [1.82, 2.24) is 19.7 Å². The number of nitrogens with two attached hydrogens (primary N) is 1. The van der Waals surface area contributed by atoms with Crippen molar-refractivity contribution in [3.63, 3.8) is 0 Å². The summed E-state index contributed by atoms with van der Waals surface area (Å²) in [6, 6.07) is 27.1. The number of fused-ring (bicyclic) bond motifs is 5. The number of nitrogens with one attached hydrogen (secondary N) is 2. The molecule has 2 atom stereocenters. The molecule has 2 aliphatic heterocycles. The standard InChI is InChI=1S/C29H29N7O/c1-34-28(37)25-26(31-21-8-3-2-4-9-21)35(33-27(25)36-24-12-7-11-23(24)32-29(34)36)18-19-13-15-20(16-14-19)22-10-5-6-17-30-22/h2-6,8-10,13-17,29,31,36H,7,11-12,18,32H2,1H3. The summed E-state index contributed by atoms with van der Waals surface area (Å²) in [6.45, 7) is 0.551. The number of rotatable bonds is 5. The largest absolute Gasteiger partial charge is 0.429 e. The molecule has 37 heavy (non-hydrogen) atoms. The molecule has 4 aromatic rings. The summed E-state index contributed by atoms with van der Waals surface area (Å²) in [5, 5.41) is 10.9. The monoisotopic (exact) mass is 491 g/mol. The van der Waals surface area contributed by atoms with E-state index in [0.717, 1.165) is 47.0 Å². The minimum absolute atomic E-state index is 0.0105. The molecule has 8 heteroatoms. The van der Waals surface area contributed by atoms with Crippen LogP contribution in [-0.2, 0) is 6.54 Å². The van der Waals surface area contributed by atoms with E-state index in [0.29, 0.717) is 12.1 Å². The van der Waals surface area contributed by atoms with Gasteiger partial charge < -0.3 is 15.5 Å². The fraction of sp³-hybridized carbons (Fsp3) is 0.207. The summed E-state index contributed by atoms with van der Waals surface area (Å²) in [7, 11) is 1.91. The van der Waals surface area contributed by atoms with Gasteiger partial charge in [0.1, 0.15) is 5.82 Å². The van der Waals surface area contributed by atoms with Crippen molar-refractivity contribution < 1.29 is 15.0 Å². The van der Waals surface area contributed by atoms with Gasteiger partial charge in [-0.15, -0.1) is 11.5 Å². The van der Waals surface area contributed by atoms with Gasteiger partial charge in [0.05, 0.1) is 12.2 Å². The molecule has 3 aliphatic rings. The molecule has 0 spiro atoms. The van der Waals surface area contributed by atoms with Crippen LogP contribution in [0.5, 0.6) is 0 Å². The lowest BCUT2D eigenvalue weighted by Crippen LogP contribution is -3.21. The normalized spacial score (nSPS) is 21.1. The predicted molar refractivity (Wildman–Crippen MR) is 139 cm³/mol. The molecule has 1 saturated carbocycles. The Morgan fingerprint density at radius 3 is 2.65 bits per heavy atom. The second kappa shape index (κ2) is 8.83. The quantitative estimate of drug-likeness (QED) is 0.375. The molecule has 4 heterocycles. The maximum Gasteiger partial charge on any atom is 0.274 e. The predicted octanol–water partition coefficient (Wildman–Crippen LogP) is 2.45. The summed E-state index contributed by atoms with van der Waals surface area (Å²) in [5.74, 6) is 1.58. The van der Waals surface area contributed by atoms with Gasteiger partial charge in [-0.2, -0.15) is 12.8 Å². The van der Waals surface area contributed by atoms with E-state index >= 15 is 0 Å². The lowest BCUT2D eigenvalue weighted by Gasteiger charge is -2.40. The summed E-state index contributed by atoms with van der Waals surface area (Å²) >= 11 is 0. The number of para-hydroxylation sites is 1. The number of pyridine rings is 1. The van der Waals surface area contributed by atoms with Crippen LogP contribution >= 0.6 is 0 Å². The minimum Gasteiger partial charge on any atom is -0.429 e. The van der Waals surface area contributed by atoms with Crippen molar-refractivity contribution in [3.8, 4) is 11.3 Å². The first kappa shape index (κ1) is 22.2. The van der Waals surface area contributed by atoms with Crippen LogP contribution in [0, 0.1) is 12.1 Å². The van der Waals surface area contributed by atoms with Gasteiger partial charge >= 0.3 is 0 Å². The maximum absolute atomic E-state index is 13.7. The fourth-order valence-electron chi connectivity index (χ4n) is 5.84. The Bertz CT molecular complexity index is 1430. The molecule has 0 radical (unpaired) electrons. The third kappa shape index (κ3) is 3.72. The van der Waals surface area contributed by atoms with E-state index in [9.17, 15) is 4.79 Å². The van der Waals surface area contributed by atoms with Gasteiger partial charge in [-0.05, 0) is 29.8 Å². The van der Waals surface area contributed by atoms with Crippen molar-refractivity contribution in [3.05, 3.63) is 102 Å². The van der Waals surface area contributed by atoms with Gasteiger partial charge in [0.25, 0.3) is 12.2 Å². The number of hydrogen-bond acceptors (Lipinski definition) is 4. The number of quaternary nitrogens is 2. The number of amides is 1. The Labute approximate surface area is 215 Å². The van der Waals surface area contributed by atoms with E-state index in [1.807, 2.05) is 71.4 Å². The number of anilines is 2. The van der Waals surface area contributed by atoms with Crippen molar-refractivity contribution in [2.75, 3.05) is 12.4 Å². The topological polar surface area (TPSA) is 84.1 Å². The summed E-state index contributed by atoms with van der Waals surface area (Å²) in [6.07, 6.45) is 5.11. The van der Waals surface area contributed by atoms with E-state index in [1.165, 1.54) is 23.4 Å². The Kier molecular flexibility index (Phi) is 5.30. The average Bonchev–Trinajstić information content (AvgIpc) is 3.63. The van der Waals surface area contributed by atoms with Crippen LogP contribution in [0.15, 0.2) is 79.0 Å². The molecule has 1 amide bonds. The number of carbonyl (C=O) groups excluding carboxylic acids is 1. The van der Waals surface area contributed by atoms with Gasteiger partial charge in [0.2, 0.25) is 5.82 Å². The van der Waals surface area contributed by atoms with Crippen LogP contribution in [0.1, 0.15) is 35.2 Å². The van der Waals surface area contributed by atoms with Crippen molar-refractivity contribution in [2.24, 2.45) is 0 Å². The third-order valence-electron chi connectivity index (χ3n) is 7.68. The van der Waals surface area contributed by atoms with Crippen LogP contribution in [0.2, 0.25) is 0 Å². The van der Waals surface area contributed by atoms with Crippen LogP contribution in [0.25, 0.3) is 11.3 Å². The summed E-state index contributed by atoms with van der Waals surface area (Å²) < 4.78 is 1.96. The molecule has 8 nitrogen and oxygen atoms in total. The molecular formula is C29H29N7O. The van der Waals surface area contributed by atoms with Crippen LogP contribution < -0.4 is 15.5 Å². The molecule has 4 N–H and O–H groups in total. The van der Waals surface area contributed by atoms with Gasteiger partial charge in [-0.3, -0.25) is 9.78 Å². The molecule has 186 valence electrons. The van der Waals surface area contributed by atoms with Crippen molar-refractivity contribution >= 4 is 23.2 Å². The van der Waals surface area contributed by atoms with E-state index < -0.39 is 0 Å². The second-order valence-electron chi connectivity index (χ2n) is 9.93. The Morgan fingerprint density at radius 2 is 1.86 bits per heavy atom. The minimum atomic E-state index is -0.0177. The molecule has 1 saturated heterocycles. The number of nitrogens with zero attached hydrogens (tertiary/aromatic N) is 4. The maximum atomic E-state index is 13.7. The van der Waals surface area contributed by atoms with Crippen LogP contribution in [0.4, 0.5) is 17.3 Å². The molecule has 2 aromatic carbocycles. The van der Waals surface area contributed by atoms with E-state index in [4.69, 9.17) is 5.10 Å². The second-order valence-corrected chi connectivity index (χ2v) is 9.93. The Balaban J connectivity index is 1.29. The summed E-state index contributed by atoms with van der Waals surface area (Å²) in [5.41, 5.74) is 4.72. The lowest BCUT2D eigenvalue weighted by atomic mass is 10.1. The zero-order chi connectivity index (χ0) is 24.9. The molecular weight excluding hydrogens is 462 g/mol. The van der Waals surface area contributed by atoms with E-state index in [1.54, 1.807) is 0 Å². The van der Waals surface area contributed by atoms with Crippen LogP contribution in [-0.4, -0.2) is 38.9 Å². The molecule has 0 bridgehead atoms.